The zero-order valence-electron chi connectivity index (χ0n) is 16.1. The number of carbonyl (C=O) groups is 1. The number of hydrogen-bond acceptors (Lipinski definition) is 4. The average Bonchev–Trinajstić information content (AvgIpc) is 3.13. The maximum absolute atomic E-state index is 11.8. The van der Waals surface area contributed by atoms with E-state index in [0.717, 1.165) is 17.1 Å². The number of benzene rings is 2. The fourth-order valence-electron chi connectivity index (χ4n) is 2.75. The molecule has 8 heteroatoms. The summed E-state index contributed by atoms with van der Waals surface area (Å²) in [6.45, 7) is 4.58. The van der Waals surface area contributed by atoms with Gasteiger partial charge in [0.25, 0.3) is 0 Å². The summed E-state index contributed by atoms with van der Waals surface area (Å²) >= 11 is 11.5. The number of anilines is 1. The van der Waals surface area contributed by atoms with Gasteiger partial charge in [0.05, 0.1) is 17.2 Å². The molecular formula is C21H21ClN4O2S. The Morgan fingerprint density at radius 1 is 1.24 bits per heavy atom. The van der Waals surface area contributed by atoms with E-state index in [0.29, 0.717) is 34.5 Å². The topological polar surface area (TPSA) is 68.2 Å². The lowest BCUT2D eigenvalue weighted by Crippen LogP contribution is -2.27. The van der Waals surface area contributed by atoms with Gasteiger partial charge >= 0.3 is 5.97 Å². The molecule has 0 fully saturated rings. The molecule has 2 aromatic carbocycles. The standard InChI is InChI=1S/C21H21ClN4O2S/c1-3-28-20(27)18-9-6-16(12-19(18)22)25-21(29)24-13-15-4-7-17(8-5-15)26-11-10-23-14(26)2/h4-12H,3,13H2,1-2H3,(H2,24,25,29). The van der Waals surface area contributed by atoms with Gasteiger partial charge in [0, 0.05) is 30.3 Å². The first-order chi connectivity index (χ1) is 14.0. The molecule has 1 heterocycles. The van der Waals surface area contributed by atoms with Gasteiger partial charge in [-0.05, 0) is 62.0 Å². The van der Waals surface area contributed by atoms with Gasteiger partial charge < -0.3 is 19.9 Å². The Morgan fingerprint density at radius 2 is 2.00 bits per heavy atom. The highest BCUT2D eigenvalue weighted by Gasteiger charge is 2.12. The van der Waals surface area contributed by atoms with E-state index in [1.54, 1.807) is 31.3 Å². The maximum atomic E-state index is 11.8. The molecular weight excluding hydrogens is 408 g/mol. The molecule has 0 saturated heterocycles. The number of rotatable bonds is 6. The molecule has 1 aromatic heterocycles. The quantitative estimate of drug-likeness (QED) is 0.445. The first kappa shape index (κ1) is 20.8. The zero-order valence-corrected chi connectivity index (χ0v) is 17.7. The van der Waals surface area contributed by atoms with Crippen LogP contribution in [0, 0.1) is 6.92 Å². The first-order valence-electron chi connectivity index (χ1n) is 9.08. The number of halogens is 1. The fourth-order valence-corrected chi connectivity index (χ4v) is 3.20. The summed E-state index contributed by atoms with van der Waals surface area (Å²) in [5.41, 5.74) is 3.16. The number of ether oxygens (including phenoxy) is 1. The van der Waals surface area contributed by atoms with Gasteiger partial charge in [-0.1, -0.05) is 23.7 Å². The molecule has 0 amide bonds. The molecule has 0 unspecified atom stereocenters. The fraction of sp³-hybridized carbons (Fsp3) is 0.190. The van der Waals surface area contributed by atoms with Crippen molar-refractivity contribution in [3.8, 4) is 5.69 Å². The Bertz CT molecular complexity index is 1020. The van der Waals surface area contributed by atoms with Crippen molar-refractivity contribution in [1.29, 1.82) is 0 Å². The molecule has 2 N–H and O–H groups in total. The predicted molar refractivity (Wildman–Crippen MR) is 119 cm³/mol. The van der Waals surface area contributed by atoms with Crippen LogP contribution in [0.25, 0.3) is 5.69 Å². The summed E-state index contributed by atoms with van der Waals surface area (Å²) in [5, 5.41) is 6.99. The molecule has 29 heavy (non-hydrogen) atoms. The second-order valence-electron chi connectivity index (χ2n) is 6.23. The van der Waals surface area contributed by atoms with Crippen LogP contribution in [-0.4, -0.2) is 27.2 Å². The van der Waals surface area contributed by atoms with Gasteiger partial charge in [-0.15, -0.1) is 0 Å². The van der Waals surface area contributed by atoms with E-state index in [9.17, 15) is 4.79 Å². The molecule has 0 spiro atoms. The Hall–Kier alpha value is -2.90. The smallest absolute Gasteiger partial charge is 0.339 e. The zero-order chi connectivity index (χ0) is 20.8. The molecule has 0 atom stereocenters. The number of nitrogens with zero attached hydrogens (tertiary/aromatic N) is 2. The van der Waals surface area contributed by atoms with Crippen molar-refractivity contribution in [2.24, 2.45) is 0 Å². The van der Waals surface area contributed by atoms with E-state index < -0.39 is 5.97 Å². The molecule has 0 saturated carbocycles. The van der Waals surface area contributed by atoms with Crippen LogP contribution in [0.1, 0.15) is 28.7 Å². The van der Waals surface area contributed by atoms with Crippen LogP contribution < -0.4 is 10.6 Å². The SMILES string of the molecule is CCOC(=O)c1ccc(NC(=S)NCc2ccc(-n3ccnc3C)cc2)cc1Cl. The van der Waals surface area contributed by atoms with Crippen LogP contribution in [0.2, 0.25) is 5.02 Å². The number of aromatic nitrogens is 2. The third-order valence-corrected chi connectivity index (χ3v) is 4.77. The Morgan fingerprint density at radius 3 is 2.62 bits per heavy atom. The lowest BCUT2D eigenvalue weighted by atomic mass is 10.2. The summed E-state index contributed by atoms with van der Waals surface area (Å²) in [6, 6.07) is 13.1. The molecule has 3 aromatic rings. The monoisotopic (exact) mass is 428 g/mol. The van der Waals surface area contributed by atoms with Gasteiger partial charge in [-0.3, -0.25) is 0 Å². The van der Waals surface area contributed by atoms with E-state index >= 15 is 0 Å². The van der Waals surface area contributed by atoms with Gasteiger partial charge in [0.1, 0.15) is 5.82 Å². The highest BCUT2D eigenvalue weighted by atomic mass is 35.5. The van der Waals surface area contributed by atoms with E-state index in [-0.39, 0.29) is 0 Å². The molecule has 0 aliphatic carbocycles. The minimum Gasteiger partial charge on any atom is -0.462 e. The molecule has 0 bridgehead atoms. The maximum Gasteiger partial charge on any atom is 0.339 e. The number of thiocarbonyl (C=S) groups is 1. The van der Waals surface area contributed by atoms with Crippen molar-refractivity contribution in [1.82, 2.24) is 14.9 Å². The van der Waals surface area contributed by atoms with E-state index in [1.807, 2.05) is 42.0 Å². The van der Waals surface area contributed by atoms with Gasteiger partial charge in [0.2, 0.25) is 0 Å². The Labute approximate surface area is 179 Å². The van der Waals surface area contributed by atoms with Crippen LogP contribution in [-0.2, 0) is 11.3 Å². The minimum atomic E-state index is -0.445. The molecule has 0 aliphatic heterocycles. The highest BCUT2D eigenvalue weighted by molar-refractivity contribution is 7.80. The second-order valence-corrected chi connectivity index (χ2v) is 7.05. The lowest BCUT2D eigenvalue weighted by molar-refractivity contribution is 0.0526. The normalized spacial score (nSPS) is 10.4. The van der Waals surface area contributed by atoms with Crippen molar-refractivity contribution < 1.29 is 9.53 Å². The van der Waals surface area contributed by atoms with Crippen molar-refractivity contribution >= 4 is 40.6 Å². The van der Waals surface area contributed by atoms with Crippen LogP contribution in [0.4, 0.5) is 5.69 Å². The predicted octanol–water partition coefficient (Wildman–Crippen LogP) is 4.50. The number of nitrogens with one attached hydrogen (secondary N) is 2. The van der Waals surface area contributed by atoms with Gasteiger partial charge in [-0.2, -0.15) is 0 Å². The van der Waals surface area contributed by atoms with Crippen molar-refractivity contribution in [3.05, 3.63) is 76.8 Å². The summed E-state index contributed by atoms with van der Waals surface area (Å²) in [4.78, 5) is 16.0. The van der Waals surface area contributed by atoms with Gasteiger partial charge in [0.15, 0.2) is 5.11 Å². The number of imidazole rings is 1. The summed E-state index contributed by atoms with van der Waals surface area (Å²) < 4.78 is 6.99. The molecule has 6 nitrogen and oxygen atoms in total. The first-order valence-corrected chi connectivity index (χ1v) is 9.87. The van der Waals surface area contributed by atoms with E-state index in [2.05, 4.69) is 15.6 Å². The molecule has 3 rings (SSSR count). The third kappa shape index (κ3) is 5.34. The summed E-state index contributed by atoms with van der Waals surface area (Å²) in [6.07, 6.45) is 3.71. The second kappa shape index (κ2) is 9.54. The Kier molecular flexibility index (Phi) is 6.85. The van der Waals surface area contributed by atoms with Crippen molar-refractivity contribution in [2.45, 2.75) is 20.4 Å². The average molecular weight is 429 g/mol. The van der Waals surface area contributed by atoms with Crippen LogP contribution in [0.3, 0.4) is 0 Å². The lowest BCUT2D eigenvalue weighted by Gasteiger charge is -2.12. The number of esters is 1. The Balaban J connectivity index is 1.55. The molecule has 0 radical (unpaired) electrons. The summed E-state index contributed by atoms with van der Waals surface area (Å²) in [7, 11) is 0. The number of hydrogen-bond donors (Lipinski definition) is 2. The molecule has 0 aliphatic rings. The highest BCUT2D eigenvalue weighted by Crippen LogP contribution is 2.22. The number of aryl methyl sites for hydroxylation is 1. The van der Waals surface area contributed by atoms with Crippen molar-refractivity contribution in [3.63, 3.8) is 0 Å². The van der Waals surface area contributed by atoms with E-state index in [1.165, 1.54) is 0 Å². The van der Waals surface area contributed by atoms with Crippen LogP contribution in [0.15, 0.2) is 54.9 Å². The minimum absolute atomic E-state index is 0.298. The molecule has 150 valence electrons. The largest absolute Gasteiger partial charge is 0.462 e. The third-order valence-electron chi connectivity index (χ3n) is 4.22. The van der Waals surface area contributed by atoms with Crippen LogP contribution in [0.5, 0.6) is 0 Å². The number of carbonyl (C=O) groups excluding carboxylic acids is 1. The van der Waals surface area contributed by atoms with Crippen LogP contribution >= 0.6 is 23.8 Å². The van der Waals surface area contributed by atoms with E-state index in [4.69, 9.17) is 28.6 Å². The van der Waals surface area contributed by atoms with Gasteiger partial charge in [-0.25, -0.2) is 9.78 Å². The van der Waals surface area contributed by atoms with Crippen molar-refractivity contribution in [2.75, 3.05) is 11.9 Å². The summed E-state index contributed by atoms with van der Waals surface area (Å²) in [5.74, 6) is 0.493.